The summed E-state index contributed by atoms with van der Waals surface area (Å²) in [5.41, 5.74) is 1.89. The molecule has 1 aliphatic heterocycles. The molecular weight excluding hydrogens is 311 g/mol. The van der Waals surface area contributed by atoms with Gasteiger partial charge in [-0.1, -0.05) is 6.07 Å². The van der Waals surface area contributed by atoms with E-state index in [2.05, 4.69) is 4.57 Å². The number of hydrogen-bond acceptors (Lipinski definition) is 2. The number of halogens is 1. The van der Waals surface area contributed by atoms with Crippen LogP contribution in [0.1, 0.15) is 30.9 Å². The summed E-state index contributed by atoms with van der Waals surface area (Å²) in [7, 11) is 1.67. The number of methoxy groups -OCH3 is 1. The van der Waals surface area contributed by atoms with Crippen LogP contribution in [0, 0.1) is 5.82 Å². The van der Waals surface area contributed by atoms with Gasteiger partial charge in [0.25, 0.3) is 0 Å². The molecule has 1 amide bonds. The van der Waals surface area contributed by atoms with Crippen molar-refractivity contribution in [1.82, 2.24) is 9.47 Å². The quantitative estimate of drug-likeness (QED) is 0.849. The average Bonchev–Trinajstić information content (AvgIpc) is 2.95. The number of carboxylic acid groups (broad SMARTS) is 1. The number of hydrogen-bond donors (Lipinski definition) is 1. The number of rotatable bonds is 5. The Kier molecular flexibility index (Phi) is 5.04. The van der Waals surface area contributed by atoms with Crippen molar-refractivity contribution in [1.29, 1.82) is 0 Å². The molecule has 2 heterocycles. The second-order valence-corrected chi connectivity index (χ2v) is 6.31. The molecule has 1 aromatic carbocycles. The van der Waals surface area contributed by atoms with E-state index in [4.69, 9.17) is 4.74 Å². The van der Waals surface area contributed by atoms with Crippen molar-refractivity contribution < 1.29 is 19.0 Å². The first-order valence-electron chi connectivity index (χ1n) is 8.36. The molecule has 1 saturated heterocycles. The Morgan fingerprint density at radius 2 is 2.29 bits per heavy atom. The van der Waals surface area contributed by atoms with Gasteiger partial charge in [0.1, 0.15) is 5.82 Å². The number of ether oxygens (including phenoxy) is 1. The highest BCUT2D eigenvalue weighted by Gasteiger charge is 2.27. The monoisotopic (exact) mass is 334 g/mol. The molecule has 130 valence electrons. The summed E-state index contributed by atoms with van der Waals surface area (Å²) in [5.74, 6) is -0.130. The lowest BCUT2D eigenvalue weighted by molar-refractivity contribution is 0.129. The highest BCUT2D eigenvalue weighted by atomic mass is 19.1. The van der Waals surface area contributed by atoms with Crippen LogP contribution >= 0.6 is 0 Å². The molecule has 1 N–H and O–H groups in total. The Balaban J connectivity index is 1.97. The Bertz CT molecular complexity index is 728. The number of fused-ring (bicyclic) bond motifs is 1. The lowest BCUT2D eigenvalue weighted by Gasteiger charge is -2.31. The molecule has 1 aromatic heterocycles. The van der Waals surface area contributed by atoms with Crippen LogP contribution in [0.3, 0.4) is 0 Å². The second kappa shape index (κ2) is 7.21. The maximum atomic E-state index is 14.2. The summed E-state index contributed by atoms with van der Waals surface area (Å²) in [6.45, 7) is 2.42. The minimum Gasteiger partial charge on any atom is -0.465 e. The van der Waals surface area contributed by atoms with E-state index in [1.54, 1.807) is 13.2 Å². The normalized spacial score (nSPS) is 18.2. The summed E-state index contributed by atoms with van der Waals surface area (Å²) < 4.78 is 21.5. The fourth-order valence-corrected chi connectivity index (χ4v) is 3.62. The van der Waals surface area contributed by atoms with E-state index < -0.39 is 6.09 Å². The molecule has 3 rings (SSSR count). The van der Waals surface area contributed by atoms with Crippen LogP contribution in [0.4, 0.5) is 9.18 Å². The van der Waals surface area contributed by atoms with Gasteiger partial charge in [0.05, 0.1) is 5.52 Å². The highest BCUT2D eigenvalue weighted by Crippen LogP contribution is 2.33. The molecule has 1 fully saturated rings. The number of benzene rings is 1. The number of piperidine rings is 1. The van der Waals surface area contributed by atoms with Gasteiger partial charge in [0, 0.05) is 50.3 Å². The van der Waals surface area contributed by atoms with Crippen molar-refractivity contribution in [3.63, 3.8) is 0 Å². The van der Waals surface area contributed by atoms with Gasteiger partial charge in [-0.3, -0.25) is 0 Å². The van der Waals surface area contributed by atoms with Gasteiger partial charge in [-0.05, 0) is 37.5 Å². The van der Waals surface area contributed by atoms with Gasteiger partial charge in [-0.25, -0.2) is 9.18 Å². The molecular formula is C18H23FN2O3. The van der Waals surface area contributed by atoms with Gasteiger partial charge < -0.3 is 19.3 Å². The van der Waals surface area contributed by atoms with E-state index in [9.17, 15) is 14.3 Å². The largest absolute Gasteiger partial charge is 0.465 e. The zero-order valence-electron chi connectivity index (χ0n) is 13.9. The zero-order valence-corrected chi connectivity index (χ0v) is 13.9. The number of amides is 1. The standard InChI is InChI=1S/C18H23FN2O3/c1-24-10-4-9-21-16-7-2-6-15(19)14(16)11-17(21)13-5-3-8-20(12-13)18(22)23/h2,6-7,11,13H,3-5,8-10,12H2,1H3,(H,22,23). The van der Waals surface area contributed by atoms with E-state index in [0.717, 1.165) is 37.0 Å². The van der Waals surface area contributed by atoms with Crippen LogP contribution in [0.25, 0.3) is 10.9 Å². The lowest BCUT2D eigenvalue weighted by Crippen LogP contribution is -2.38. The summed E-state index contributed by atoms with van der Waals surface area (Å²) >= 11 is 0. The second-order valence-electron chi connectivity index (χ2n) is 6.31. The van der Waals surface area contributed by atoms with Crippen LogP contribution in [0.5, 0.6) is 0 Å². The number of carbonyl (C=O) groups is 1. The third-order valence-corrected chi connectivity index (χ3v) is 4.76. The highest BCUT2D eigenvalue weighted by molar-refractivity contribution is 5.82. The van der Waals surface area contributed by atoms with Gasteiger partial charge in [0.15, 0.2) is 0 Å². The molecule has 1 atom stereocenters. The van der Waals surface area contributed by atoms with Crippen LogP contribution < -0.4 is 0 Å². The molecule has 0 bridgehead atoms. The van der Waals surface area contributed by atoms with E-state index in [1.165, 1.54) is 11.0 Å². The van der Waals surface area contributed by atoms with E-state index >= 15 is 0 Å². The number of nitrogens with zero attached hydrogens (tertiary/aromatic N) is 2. The van der Waals surface area contributed by atoms with Crippen molar-refractivity contribution in [3.05, 3.63) is 35.8 Å². The Labute approximate surface area is 140 Å². The van der Waals surface area contributed by atoms with Gasteiger partial charge in [-0.15, -0.1) is 0 Å². The molecule has 5 nitrogen and oxygen atoms in total. The minimum atomic E-state index is -0.882. The Morgan fingerprint density at radius 1 is 1.46 bits per heavy atom. The SMILES string of the molecule is COCCCn1c(C2CCCN(C(=O)O)C2)cc2c(F)cccc21. The zero-order chi connectivity index (χ0) is 17.1. The third kappa shape index (κ3) is 3.24. The van der Waals surface area contributed by atoms with E-state index in [1.807, 2.05) is 12.1 Å². The summed E-state index contributed by atoms with van der Waals surface area (Å²) in [5, 5.41) is 9.88. The summed E-state index contributed by atoms with van der Waals surface area (Å²) in [6, 6.07) is 7.01. The van der Waals surface area contributed by atoms with Crippen molar-refractivity contribution >= 4 is 17.0 Å². The Morgan fingerprint density at radius 3 is 3.04 bits per heavy atom. The summed E-state index contributed by atoms with van der Waals surface area (Å²) in [4.78, 5) is 12.8. The van der Waals surface area contributed by atoms with Crippen LogP contribution in [0.2, 0.25) is 0 Å². The molecule has 0 spiro atoms. The lowest BCUT2D eigenvalue weighted by atomic mass is 9.94. The molecule has 1 unspecified atom stereocenters. The maximum Gasteiger partial charge on any atom is 0.407 e. The first kappa shape index (κ1) is 16.8. The fourth-order valence-electron chi connectivity index (χ4n) is 3.62. The molecule has 1 aliphatic rings. The van der Waals surface area contributed by atoms with Gasteiger partial charge in [0.2, 0.25) is 0 Å². The molecule has 0 aliphatic carbocycles. The minimum absolute atomic E-state index is 0.101. The predicted molar refractivity (Wildman–Crippen MR) is 90.0 cm³/mol. The van der Waals surface area contributed by atoms with Crippen molar-refractivity contribution in [2.24, 2.45) is 0 Å². The molecule has 0 saturated carbocycles. The van der Waals surface area contributed by atoms with Crippen LogP contribution in [-0.4, -0.2) is 47.5 Å². The number of aryl methyl sites for hydroxylation is 1. The van der Waals surface area contributed by atoms with Crippen molar-refractivity contribution in [2.45, 2.75) is 31.7 Å². The third-order valence-electron chi connectivity index (χ3n) is 4.76. The Hall–Kier alpha value is -2.08. The maximum absolute atomic E-state index is 14.2. The van der Waals surface area contributed by atoms with Crippen LogP contribution in [-0.2, 0) is 11.3 Å². The summed E-state index contributed by atoms with van der Waals surface area (Å²) in [6.07, 6.45) is 1.71. The topological polar surface area (TPSA) is 54.7 Å². The molecule has 2 aromatic rings. The fraction of sp³-hybridized carbons (Fsp3) is 0.500. The molecule has 24 heavy (non-hydrogen) atoms. The van der Waals surface area contributed by atoms with Crippen LogP contribution in [0.15, 0.2) is 24.3 Å². The van der Waals surface area contributed by atoms with Gasteiger partial charge in [-0.2, -0.15) is 0 Å². The van der Waals surface area contributed by atoms with Crippen molar-refractivity contribution in [2.75, 3.05) is 26.8 Å². The van der Waals surface area contributed by atoms with E-state index in [0.29, 0.717) is 25.1 Å². The van der Waals surface area contributed by atoms with Gasteiger partial charge >= 0.3 is 6.09 Å². The molecule has 0 radical (unpaired) electrons. The smallest absolute Gasteiger partial charge is 0.407 e. The average molecular weight is 334 g/mol. The predicted octanol–water partition coefficient (Wildman–Crippen LogP) is 3.67. The number of likely N-dealkylation sites (tertiary alicyclic amines) is 1. The molecule has 6 heteroatoms. The van der Waals surface area contributed by atoms with Crippen molar-refractivity contribution in [3.8, 4) is 0 Å². The number of aromatic nitrogens is 1. The van der Waals surface area contributed by atoms with E-state index in [-0.39, 0.29) is 11.7 Å². The first-order valence-corrected chi connectivity index (χ1v) is 8.36. The first-order chi connectivity index (χ1) is 11.6.